The summed E-state index contributed by atoms with van der Waals surface area (Å²) in [7, 11) is 3.53. The number of aromatic nitrogens is 4. The molecule has 3 aliphatic heterocycles. The molecular formula is C32H39N9O3. The van der Waals surface area contributed by atoms with Crippen LogP contribution in [0.15, 0.2) is 30.6 Å². The molecule has 3 saturated heterocycles. The highest BCUT2D eigenvalue weighted by molar-refractivity contribution is 5.98. The van der Waals surface area contributed by atoms with Gasteiger partial charge in [-0.2, -0.15) is 4.98 Å². The van der Waals surface area contributed by atoms with Crippen LogP contribution in [0.4, 0.5) is 11.8 Å². The van der Waals surface area contributed by atoms with E-state index in [4.69, 9.17) is 4.98 Å². The summed E-state index contributed by atoms with van der Waals surface area (Å²) in [6.07, 6.45) is 11.7. The molecule has 0 bridgehead atoms. The van der Waals surface area contributed by atoms with Crippen LogP contribution in [0.5, 0.6) is 0 Å². The van der Waals surface area contributed by atoms with Gasteiger partial charge in [-0.1, -0.05) is 12.8 Å². The molecule has 3 amide bonds. The zero-order chi connectivity index (χ0) is 30.2. The lowest BCUT2D eigenvalue weighted by atomic mass is 9.53. The molecule has 44 heavy (non-hydrogen) atoms. The van der Waals surface area contributed by atoms with Gasteiger partial charge in [0.2, 0.25) is 11.9 Å². The van der Waals surface area contributed by atoms with Gasteiger partial charge in [-0.3, -0.25) is 14.4 Å². The third kappa shape index (κ3) is 4.13. The zero-order valence-electron chi connectivity index (χ0n) is 25.3. The van der Waals surface area contributed by atoms with Crippen molar-refractivity contribution in [3.63, 3.8) is 0 Å². The van der Waals surface area contributed by atoms with Crippen LogP contribution in [0, 0.1) is 5.41 Å². The average molecular weight is 598 g/mol. The van der Waals surface area contributed by atoms with Crippen molar-refractivity contribution in [1.29, 1.82) is 0 Å². The van der Waals surface area contributed by atoms with Gasteiger partial charge in [0.15, 0.2) is 0 Å². The van der Waals surface area contributed by atoms with E-state index in [0.717, 1.165) is 68.9 Å². The number of carbonyl (C=O) groups is 3. The van der Waals surface area contributed by atoms with E-state index in [9.17, 15) is 14.4 Å². The molecule has 5 aliphatic rings. The fourth-order valence-electron chi connectivity index (χ4n) is 8.47. The quantitative estimate of drug-likeness (QED) is 0.444. The molecule has 5 fully saturated rings. The number of hydrogen-bond acceptors (Lipinski definition) is 8. The fraction of sp³-hybridized carbons (Fsp3) is 0.562. The number of fused-ring (bicyclic) bond motifs is 1. The zero-order valence-corrected chi connectivity index (χ0v) is 25.3. The summed E-state index contributed by atoms with van der Waals surface area (Å²) in [5.74, 6) is 1.04. The normalized spacial score (nSPS) is 27.5. The Morgan fingerprint density at radius 1 is 1.02 bits per heavy atom. The van der Waals surface area contributed by atoms with Crippen molar-refractivity contribution in [2.45, 2.75) is 75.5 Å². The van der Waals surface area contributed by atoms with E-state index in [0.29, 0.717) is 36.1 Å². The lowest BCUT2D eigenvalue weighted by Gasteiger charge is -2.67. The Balaban J connectivity index is 0.977. The minimum atomic E-state index is -0.0677. The fourth-order valence-corrected chi connectivity index (χ4v) is 8.47. The van der Waals surface area contributed by atoms with Crippen molar-refractivity contribution in [3.05, 3.63) is 41.9 Å². The average Bonchev–Trinajstić information content (AvgIpc) is 3.84. The highest BCUT2D eigenvalue weighted by atomic mass is 16.2. The Labute approximate surface area is 256 Å². The molecule has 0 radical (unpaired) electrons. The van der Waals surface area contributed by atoms with Crippen LogP contribution in [-0.2, 0) is 4.79 Å². The van der Waals surface area contributed by atoms with Crippen LogP contribution in [0.3, 0.4) is 0 Å². The molecule has 2 aliphatic carbocycles. The summed E-state index contributed by atoms with van der Waals surface area (Å²) in [5.41, 5.74) is 1.97. The summed E-state index contributed by atoms with van der Waals surface area (Å²) in [5, 5.41) is 7.36. The van der Waals surface area contributed by atoms with E-state index in [2.05, 4.69) is 30.1 Å². The second-order valence-corrected chi connectivity index (χ2v) is 13.5. The Bertz CT molecular complexity index is 1640. The lowest BCUT2D eigenvalue weighted by Crippen LogP contribution is -2.78. The van der Waals surface area contributed by atoms with Gasteiger partial charge in [-0.05, 0) is 63.3 Å². The number of nitrogens with one attached hydrogen (secondary N) is 2. The van der Waals surface area contributed by atoms with Gasteiger partial charge in [0.05, 0.1) is 17.6 Å². The third-order valence-corrected chi connectivity index (χ3v) is 10.8. The Kier molecular flexibility index (Phi) is 6.40. The molecular weight excluding hydrogens is 558 g/mol. The summed E-state index contributed by atoms with van der Waals surface area (Å²) in [6, 6.07) is 6.00. The van der Waals surface area contributed by atoms with Crippen LogP contribution in [-0.4, -0.2) is 104 Å². The highest BCUT2D eigenvalue weighted by Gasteiger charge is 2.71. The number of pyridine rings is 1. The molecule has 2 N–H and O–H groups in total. The van der Waals surface area contributed by atoms with Gasteiger partial charge in [0, 0.05) is 62.5 Å². The van der Waals surface area contributed by atoms with Crippen molar-refractivity contribution in [1.82, 2.24) is 39.5 Å². The van der Waals surface area contributed by atoms with E-state index in [1.54, 1.807) is 43.5 Å². The first kappa shape index (κ1) is 27.5. The topological polar surface area (TPSA) is 129 Å². The van der Waals surface area contributed by atoms with E-state index in [1.165, 1.54) is 0 Å². The van der Waals surface area contributed by atoms with Crippen LogP contribution in [0.25, 0.3) is 11.0 Å². The predicted molar refractivity (Wildman–Crippen MR) is 164 cm³/mol. The summed E-state index contributed by atoms with van der Waals surface area (Å²) >= 11 is 0. The molecule has 3 aromatic rings. The Morgan fingerprint density at radius 2 is 1.86 bits per heavy atom. The molecule has 8 rings (SSSR count). The molecule has 12 nitrogen and oxygen atoms in total. The van der Waals surface area contributed by atoms with Gasteiger partial charge < -0.3 is 29.9 Å². The number of rotatable bonds is 6. The van der Waals surface area contributed by atoms with Gasteiger partial charge in [-0.25, -0.2) is 9.97 Å². The van der Waals surface area contributed by atoms with Crippen molar-refractivity contribution < 1.29 is 14.4 Å². The molecule has 2 saturated carbocycles. The van der Waals surface area contributed by atoms with Gasteiger partial charge in [-0.15, -0.1) is 0 Å². The van der Waals surface area contributed by atoms with Crippen molar-refractivity contribution >= 4 is 40.5 Å². The first-order valence-electron chi connectivity index (χ1n) is 16.0. The van der Waals surface area contributed by atoms with Crippen molar-refractivity contribution in [2.24, 2.45) is 5.41 Å². The number of piperidine rings is 1. The van der Waals surface area contributed by atoms with Gasteiger partial charge in [0.25, 0.3) is 11.8 Å². The minimum absolute atomic E-state index is 0.0463. The van der Waals surface area contributed by atoms with Crippen molar-refractivity contribution in [3.8, 4) is 0 Å². The number of hydrogen-bond donors (Lipinski definition) is 2. The second kappa shape index (κ2) is 10.3. The minimum Gasteiger partial charge on any atom is -0.343 e. The maximum Gasteiger partial charge on any atom is 0.270 e. The number of amides is 3. The van der Waals surface area contributed by atoms with Gasteiger partial charge >= 0.3 is 0 Å². The third-order valence-electron chi connectivity index (χ3n) is 10.8. The van der Waals surface area contributed by atoms with E-state index >= 15 is 0 Å². The SMILES string of the molecule is CN(C)C(=O)c1cc2cnc(Nc3ccc(C(=O)N4CC5N(C(=O)C6CCCN6)C6CCC65C4)cn3)nc2n1C1CCCC1. The maximum absolute atomic E-state index is 13.5. The van der Waals surface area contributed by atoms with Crippen LogP contribution < -0.4 is 10.6 Å². The van der Waals surface area contributed by atoms with Gasteiger partial charge in [0.1, 0.15) is 17.2 Å². The molecule has 0 aromatic carbocycles. The second-order valence-electron chi connectivity index (χ2n) is 13.5. The van der Waals surface area contributed by atoms with E-state index < -0.39 is 0 Å². The highest BCUT2D eigenvalue weighted by Crippen LogP contribution is 2.61. The number of anilines is 2. The molecule has 12 heteroatoms. The summed E-state index contributed by atoms with van der Waals surface area (Å²) in [4.78, 5) is 59.2. The van der Waals surface area contributed by atoms with E-state index in [-0.39, 0.29) is 47.3 Å². The van der Waals surface area contributed by atoms with Crippen LogP contribution in [0.2, 0.25) is 0 Å². The molecule has 3 aromatic heterocycles. The Hall–Kier alpha value is -4.06. The molecule has 4 unspecified atom stereocenters. The lowest BCUT2D eigenvalue weighted by molar-refractivity contribution is -0.193. The molecule has 6 heterocycles. The Morgan fingerprint density at radius 3 is 2.55 bits per heavy atom. The first-order valence-corrected chi connectivity index (χ1v) is 16.0. The summed E-state index contributed by atoms with van der Waals surface area (Å²) in [6.45, 7) is 2.19. The molecule has 230 valence electrons. The summed E-state index contributed by atoms with van der Waals surface area (Å²) < 4.78 is 2.08. The largest absolute Gasteiger partial charge is 0.343 e. The monoisotopic (exact) mass is 597 g/mol. The molecule has 1 spiro atoms. The van der Waals surface area contributed by atoms with Crippen LogP contribution >= 0.6 is 0 Å². The first-order chi connectivity index (χ1) is 21.3. The molecule has 4 atom stereocenters. The standard InChI is InChI=1S/C32H39N9O3/c1-38(2)30(44)23-14-20-16-35-31(37-27(20)40(23)21-6-3-4-7-21)36-26-10-9-19(15-34-26)28(42)39-17-25-32(18-39)12-11-24(32)41(25)29(43)22-8-5-13-33-22/h9-10,14-16,21-22,24-25,33H,3-8,11-13,17-18H2,1-2H3,(H,34,35,36,37). The number of likely N-dealkylation sites (tertiary alicyclic amines) is 2. The van der Waals surface area contributed by atoms with Crippen LogP contribution in [0.1, 0.15) is 78.3 Å². The number of carbonyl (C=O) groups excluding carboxylic acids is 3. The number of nitrogens with zero attached hydrogens (tertiary/aromatic N) is 7. The predicted octanol–water partition coefficient (Wildman–Crippen LogP) is 2.95. The maximum atomic E-state index is 13.5. The van der Waals surface area contributed by atoms with Crippen molar-refractivity contribution in [2.75, 3.05) is 39.0 Å². The smallest absolute Gasteiger partial charge is 0.270 e. The van der Waals surface area contributed by atoms with E-state index in [1.807, 2.05) is 11.0 Å².